The molecular weight excluding hydrogens is 316 g/mol. The molecule has 1 amide bonds. The van der Waals surface area contributed by atoms with E-state index in [0.29, 0.717) is 31.4 Å². The van der Waals surface area contributed by atoms with Gasteiger partial charge in [-0.25, -0.2) is 0 Å². The number of carbonyl (C=O) groups is 1. The summed E-state index contributed by atoms with van der Waals surface area (Å²) in [6, 6.07) is 5.76. The maximum Gasteiger partial charge on any atom is 0.230 e. The highest BCUT2D eigenvalue weighted by molar-refractivity contribution is 5.87. The molecule has 0 bridgehead atoms. The number of benzene rings is 1. The highest BCUT2D eigenvalue weighted by Gasteiger charge is 2.33. The van der Waals surface area contributed by atoms with Crippen molar-refractivity contribution in [2.24, 2.45) is 11.7 Å². The minimum atomic E-state index is -0.640. The molecule has 1 aromatic carbocycles. The molecule has 1 aliphatic carbocycles. The Bertz CT molecular complexity index is 573. The zero-order valence-corrected chi connectivity index (χ0v) is 14.4. The molecule has 1 aliphatic heterocycles. The zero-order chi connectivity index (χ0) is 15.7. The smallest absolute Gasteiger partial charge is 0.230 e. The van der Waals surface area contributed by atoms with Crippen molar-refractivity contribution in [3.63, 3.8) is 0 Å². The number of hydrogen-bond donors (Lipinski definition) is 2. The molecule has 1 fully saturated rings. The Hall–Kier alpha value is -1.46. The van der Waals surface area contributed by atoms with Gasteiger partial charge in [0.25, 0.3) is 0 Å². The third-order valence-electron chi connectivity index (χ3n) is 4.56. The molecule has 128 valence electrons. The van der Waals surface area contributed by atoms with Crippen LogP contribution in [-0.4, -0.2) is 31.7 Å². The van der Waals surface area contributed by atoms with Crippen LogP contribution in [0, 0.1) is 5.92 Å². The summed E-state index contributed by atoms with van der Waals surface area (Å²) in [6.07, 6.45) is 2.37. The second kappa shape index (κ2) is 6.97. The third kappa shape index (κ3) is 3.90. The van der Waals surface area contributed by atoms with E-state index >= 15 is 0 Å². The topological polar surface area (TPSA) is 73.6 Å². The van der Waals surface area contributed by atoms with Gasteiger partial charge in [-0.3, -0.25) is 4.79 Å². The molecule has 5 nitrogen and oxygen atoms in total. The van der Waals surface area contributed by atoms with Gasteiger partial charge in [-0.2, -0.15) is 0 Å². The highest BCUT2D eigenvalue weighted by Crippen LogP contribution is 2.35. The van der Waals surface area contributed by atoms with Crippen LogP contribution in [0.3, 0.4) is 0 Å². The van der Waals surface area contributed by atoms with Gasteiger partial charge in [0, 0.05) is 12.6 Å². The van der Waals surface area contributed by atoms with Gasteiger partial charge >= 0.3 is 0 Å². The number of nitrogens with one attached hydrogen (secondary N) is 1. The largest absolute Gasteiger partial charge is 0.486 e. The van der Waals surface area contributed by atoms with E-state index in [9.17, 15) is 4.79 Å². The number of amides is 1. The van der Waals surface area contributed by atoms with Gasteiger partial charge in [0.15, 0.2) is 11.5 Å². The molecule has 0 saturated heterocycles. The van der Waals surface area contributed by atoms with Gasteiger partial charge in [-0.15, -0.1) is 12.4 Å². The number of carbonyl (C=O) groups excluding carboxylic acids is 1. The average molecular weight is 341 g/mol. The van der Waals surface area contributed by atoms with Crippen LogP contribution in [0.2, 0.25) is 0 Å². The van der Waals surface area contributed by atoms with Gasteiger partial charge in [0.1, 0.15) is 13.2 Å². The van der Waals surface area contributed by atoms with Crippen LogP contribution in [0.25, 0.3) is 0 Å². The van der Waals surface area contributed by atoms with Gasteiger partial charge in [-0.05, 0) is 50.3 Å². The van der Waals surface area contributed by atoms with Crippen molar-refractivity contribution in [3.8, 4) is 11.5 Å². The number of rotatable bonds is 5. The van der Waals surface area contributed by atoms with Crippen LogP contribution < -0.4 is 20.5 Å². The number of nitrogens with two attached hydrogens (primary N) is 1. The van der Waals surface area contributed by atoms with Crippen molar-refractivity contribution in [1.82, 2.24) is 5.32 Å². The van der Waals surface area contributed by atoms with Crippen LogP contribution in [0.1, 0.15) is 32.3 Å². The molecule has 2 aliphatic rings. The number of ether oxygens (including phenoxy) is 2. The Morgan fingerprint density at radius 2 is 1.96 bits per heavy atom. The van der Waals surface area contributed by atoms with Crippen LogP contribution in [0.15, 0.2) is 18.2 Å². The van der Waals surface area contributed by atoms with E-state index in [4.69, 9.17) is 15.2 Å². The Kier molecular flexibility index (Phi) is 5.42. The first-order valence-electron chi connectivity index (χ1n) is 7.92. The SMILES string of the molecule is CC(C)(C(=O)NCC(N)C1CC1)c1ccc2c(c1)OCCO2.Cl. The summed E-state index contributed by atoms with van der Waals surface area (Å²) in [6.45, 7) is 5.47. The van der Waals surface area contributed by atoms with E-state index in [2.05, 4.69) is 5.32 Å². The summed E-state index contributed by atoms with van der Waals surface area (Å²) >= 11 is 0. The summed E-state index contributed by atoms with van der Waals surface area (Å²) in [5, 5.41) is 2.99. The van der Waals surface area contributed by atoms with Gasteiger partial charge in [-0.1, -0.05) is 6.07 Å². The molecule has 0 aromatic heterocycles. The highest BCUT2D eigenvalue weighted by atomic mass is 35.5. The molecule has 3 rings (SSSR count). The van der Waals surface area contributed by atoms with E-state index in [1.807, 2.05) is 32.0 Å². The molecule has 1 atom stereocenters. The summed E-state index contributed by atoms with van der Waals surface area (Å²) in [7, 11) is 0. The lowest BCUT2D eigenvalue weighted by Crippen LogP contribution is -2.45. The molecule has 1 aromatic rings. The van der Waals surface area contributed by atoms with E-state index < -0.39 is 5.41 Å². The van der Waals surface area contributed by atoms with Crippen LogP contribution in [0.4, 0.5) is 0 Å². The Morgan fingerprint density at radius 1 is 1.30 bits per heavy atom. The first-order chi connectivity index (χ1) is 10.5. The van der Waals surface area contributed by atoms with Crippen LogP contribution in [-0.2, 0) is 10.2 Å². The predicted octanol–water partition coefficient (Wildman–Crippen LogP) is 2.01. The van der Waals surface area contributed by atoms with Crippen molar-refractivity contribution in [3.05, 3.63) is 23.8 Å². The molecular formula is C17H25ClN2O3. The van der Waals surface area contributed by atoms with Crippen LogP contribution >= 0.6 is 12.4 Å². The van der Waals surface area contributed by atoms with Crippen molar-refractivity contribution in [2.45, 2.75) is 38.1 Å². The molecule has 0 spiro atoms. The van der Waals surface area contributed by atoms with Crippen molar-refractivity contribution in [1.29, 1.82) is 0 Å². The summed E-state index contributed by atoms with van der Waals surface area (Å²) < 4.78 is 11.1. The van der Waals surface area contributed by atoms with Gasteiger partial charge in [0.05, 0.1) is 5.41 Å². The molecule has 0 radical (unpaired) electrons. The number of halogens is 1. The summed E-state index contributed by atoms with van der Waals surface area (Å²) in [5.74, 6) is 2.01. The minimum absolute atomic E-state index is 0. The van der Waals surface area contributed by atoms with E-state index in [1.54, 1.807) is 0 Å². The van der Waals surface area contributed by atoms with E-state index in [0.717, 1.165) is 11.3 Å². The number of hydrogen-bond acceptors (Lipinski definition) is 4. The second-order valence-electron chi connectivity index (χ2n) is 6.69. The lowest BCUT2D eigenvalue weighted by molar-refractivity contribution is -0.125. The molecule has 1 unspecified atom stereocenters. The number of fused-ring (bicyclic) bond motifs is 1. The maximum atomic E-state index is 12.5. The van der Waals surface area contributed by atoms with Crippen molar-refractivity contribution < 1.29 is 14.3 Å². The molecule has 1 heterocycles. The molecule has 23 heavy (non-hydrogen) atoms. The standard InChI is InChI=1S/C17H24N2O3.ClH/c1-17(2,16(20)19-10-13(18)11-3-4-11)12-5-6-14-15(9-12)22-8-7-21-14;/h5-6,9,11,13H,3-4,7-8,10,18H2,1-2H3,(H,19,20);1H. The Balaban J connectivity index is 0.00000192. The van der Waals surface area contributed by atoms with Crippen molar-refractivity contribution >= 4 is 18.3 Å². The first kappa shape index (κ1) is 17.9. The molecule has 1 saturated carbocycles. The fourth-order valence-corrected chi connectivity index (χ4v) is 2.69. The minimum Gasteiger partial charge on any atom is -0.486 e. The lowest BCUT2D eigenvalue weighted by Gasteiger charge is -2.27. The first-order valence-corrected chi connectivity index (χ1v) is 7.92. The van der Waals surface area contributed by atoms with Gasteiger partial charge in [0.2, 0.25) is 5.91 Å². The van der Waals surface area contributed by atoms with Crippen LogP contribution in [0.5, 0.6) is 11.5 Å². The summed E-state index contributed by atoms with van der Waals surface area (Å²) in [5.41, 5.74) is 6.32. The van der Waals surface area contributed by atoms with E-state index in [1.165, 1.54) is 12.8 Å². The second-order valence-corrected chi connectivity index (χ2v) is 6.69. The quantitative estimate of drug-likeness (QED) is 0.860. The Labute approximate surface area is 143 Å². The summed E-state index contributed by atoms with van der Waals surface area (Å²) in [4.78, 5) is 12.5. The van der Waals surface area contributed by atoms with Gasteiger partial charge < -0.3 is 20.5 Å². The van der Waals surface area contributed by atoms with Crippen molar-refractivity contribution in [2.75, 3.05) is 19.8 Å². The third-order valence-corrected chi connectivity index (χ3v) is 4.56. The fourth-order valence-electron chi connectivity index (χ4n) is 2.69. The lowest BCUT2D eigenvalue weighted by atomic mass is 9.83. The normalized spacial score (nSPS) is 17.9. The monoisotopic (exact) mass is 340 g/mol. The molecule has 3 N–H and O–H groups in total. The zero-order valence-electron chi connectivity index (χ0n) is 13.6. The Morgan fingerprint density at radius 3 is 2.61 bits per heavy atom. The molecule has 6 heteroatoms. The fraction of sp³-hybridized carbons (Fsp3) is 0.588. The predicted molar refractivity (Wildman–Crippen MR) is 91.4 cm³/mol. The van der Waals surface area contributed by atoms with E-state index in [-0.39, 0.29) is 24.4 Å². The maximum absolute atomic E-state index is 12.5. The average Bonchev–Trinajstić information content (AvgIpc) is 3.36.